The fourth-order valence-corrected chi connectivity index (χ4v) is 1.37. The number of aliphatic hydroxyl groups is 1. The van der Waals surface area contributed by atoms with Crippen LogP contribution in [0.15, 0.2) is 36.1 Å². The molecule has 0 aliphatic rings. The van der Waals surface area contributed by atoms with Gasteiger partial charge in [0.05, 0.1) is 6.08 Å². The summed E-state index contributed by atoms with van der Waals surface area (Å²) in [6, 6.07) is 0. The Morgan fingerprint density at radius 1 is 1.06 bits per heavy atom. The van der Waals surface area contributed by atoms with Gasteiger partial charge in [-0.05, 0) is 18.9 Å². The summed E-state index contributed by atoms with van der Waals surface area (Å²) in [6.45, 7) is 2.20. The molecule has 0 amide bonds. The molecule has 0 aromatic carbocycles. The van der Waals surface area contributed by atoms with E-state index >= 15 is 0 Å². The van der Waals surface area contributed by atoms with Gasteiger partial charge in [0.2, 0.25) is 0 Å². The second-order valence-electron chi connectivity index (χ2n) is 3.90. The van der Waals surface area contributed by atoms with Gasteiger partial charge in [-0.2, -0.15) is 0 Å². The van der Waals surface area contributed by atoms with Crippen LogP contribution in [0.25, 0.3) is 0 Å². The Bertz CT molecular complexity index is 288. The lowest BCUT2D eigenvalue weighted by atomic mass is 10.1. The molecular weight excluding hydrogens is 216 g/mol. The van der Waals surface area contributed by atoms with Crippen molar-refractivity contribution in [3.8, 4) is 0 Å². The predicted molar refractivity (Wildman–Crippen MR) is 70.0 cm³/mol. The van der Waals surface area contributed by atoms with Crippen molar-refractivity contribution in [2.24, 2.45) is 0 Å². The molecule has 2 N–H and O–H groups in total. The maximum atomic E-state index is 10.2. The number of aliphatic carboxylic acids is 1. The lowest BCUT2D eigenvalue weighted by molar-refractivity contribution is -0.131. The van der Waals surface area contributed by atoms with E-state index in [9.17, 15) is 4.79 Å². The van der Waals surface area contributed by atoms with E-state index in [1.807, 2.05) is 12.2 Å². The molecule has 0 aliphatic heterocycles. The van der Waals surface area contributed by atoms with Crippen molar-refractivity contribution in [1.29, 1.82) is 0 Å². The Morgan fingerprint density at radius 2 is 1.76 bits per heavy atom. The molecule has 96 valence electrons. The third kappa shape index (κ3) is 12.4. The van der Waals surface area contributed by atoms with Gasteiger partial charge in [-0.3, -0.25) is 0 Å². The lowest BCUT2D eigenvalue weighted by Gasteiger charge is -1.95. The first-order chi connectivity index (χ1) is 8.16. The normalized spacial score (nSPS) is 12.6. The average molecular weight is 238 g/mol. The fraction of sp³-hybridized carbons (Fsp3) is 0.500. The fourth-order valence-electron chi connectivity index (χ4n) is 1.37. The highest BCUT2D eigenvalue weighted by Crippen LogP contribution is 2.05. The molecule has 0 bridgehead atoms. The molecule has 0 heterocycles. The van der Waals surface area contributed by atoms with Crippen molar-refractivity contribution in [2.75, 3.05) is 0 Å². The number of hydrogen-bond acceptors (Lipinski definition) is 2. The van der Waals surface area contributed by atoms with Crippen molar-refractivity contribution < 1.29 is 15.0 Å². The van der Waals surface area contributed by atoms with Gasteiger partial charge in [0.25, 0.3) is 0 Å². The molecule has 0 spiro atoms. The zero-order chi connectivity index (χ0) is 12.9. The summed E-state index contributed by atoms with van der Waals surface area (Å²) < 4.78 is 0. The quantitative estimate of drug-likeness (QED) is 0.276. The van der Waals surface area contributed by atoms with E-state index in [1.165, 1.54) is 38.2 Å². The minimum atomic E-state index is -1.15. The molecule has 0 aliphatic carbocycles. The van der Waals surface area contributed by atoms with Gasteiger partial charge in [0, 0.05) is 0 Å². The number of hydrogen-bond donors (Lipinski definition) is 2. The first-order valence-electron chi connectivity index (χ1n) is 6.13. The third-order valence-corrected chi connectivity index (χ3v) is 2.26. The molecule has 0 aromatic rings. The molecule has 0 unspecified atom stereocenters. The van der Waals surface area contributed by atoms with E-state index in [4.69, 9.17) is 10.2 Å². The number of carboxylic acid groups (broad SMARTS) is 1. The van der Waals surface area contributed by atoms with E-state index in [0.29, 0.717) is 0 Å². The van der Waals surface area contributed by atoms with Gasteiger partial charge >= 0.3 is 5.97 Å². The lowest BCUT2D eigenvalue weighted by Crippen LogP contribution is -1.89. The van der Waals surface area contributed by atoms with Crippen LogP contribution in [-0.4, -0.2) is 16.2 Å². The Balaban J connectivity index is 3.60. The second-order valence-corrected chi connectivity index (χ2v) is 3.90. The molecule has 0 rings (SSSR count). The number of unbranched alkanes of at least 4 members (excludes halogenated alkanes) is 5. The van der Waals surface area contributed by atoms with Gasteiger partial charge < -0.3 is 10.2 Å². The third-order valence-electron chi connectivity index (χ3n) is 2.26. The molecule has 17 heavy (non-hydrogen) atoms. The zero-order valence-electron chi connectivity index (χ0n) is 10.4. The van der Waals surface area contributed by atoms with Crippen molar-refractivity contribution in [3.05, 3.63) is 36.1 Å². The Labute approximate surface area is 103 Å². The highest BCUT2D eigenvalue weighted by Gasteiger charge is 1.90. The van der Waals surface area contributed by atoms with Crippen LogP contribution in [0.5, 0.6) is 0 Å². The van der Waals surface area contributed by atoms with E-state index in [1.54, 1.807) is 6.08 Å². The molecule has 0 atom stereocenters. The first kappa shape index (κ1) is 15.5. The Kier molecular flexibility index (Phi) is 10.0. The molecule has 3 nitrogen and oxygen atoms in total. The average Bonchev–Trinajstić information content (AvgIpc) is 2.26. The molecule has 0 fully saturated rings. The summed E-state index contributed by atoms with van der Waals surface area (Å²) in [7, 11) is 0. The molecule has 0 aromatic heterocycles. The van der Waals surface area contributed by atoms with Gasteiger partial charge in [0.15, 0.2) is 0 Å². The van der Waals surface area contributed by atoms with Gasteiger partial charge in [0.1, 0.15) is 5.76 Å². The summed E-state index contributed by atoms with van der Waals surface area (Å²) in [5.74, 6) is -1.39. The van der Waals surface area contributed by atoms with Crippen LogP contribution < -0.4 is 0 Å². The maximum absolute atomic E-state index is 10.2. The predicted octanol–water partition coefficient (Wildman–Crippen LogP) is 3.99. The molecule has 3 heteroatoms. The van der Waals surface area contributed by atoms with Crippen molar-refractivity contribution >= 4 is 5.97 Å². The largest absolute Gasteiger partial charge is 0.508 e. The number of rotatable bonds is 9. The SMILES string of the molecule is CCCCCCCC=CC=CC(O)=CC(=O)O. The second kappa shape index (κ2) is 11.0. The van der Waals surface area contributed by atoms with Crippen LogP contribution in [0.4, 0.5) is 0 Å². The Hall–Kier alpha value is -1.51. The standard InChI is InChI=1S/C14H22O3/c1-2-3-4-5-6-7-8-9-10-11-13(15)12-14(16)17/h8-12,15H,2-7H2,1H3,(H,16,17). The molecule has 0 saturated heterocycles. The van der Waals surface area contributed by atoms with Crippen LogP contribution in [0, 0.1) is 0 Å². The summed E-state index contributed by atoms with van der Waals surface area (Å²) in [5, 5.41) is 17.4. The summed E-state index contributed by atoms with van der Waals surface area (Å²) in [4.78, 5) is 10.2. The van der Waals surface area contributed by atoms with Crippen molar-refractivity contribution in [2.45, 2.75) is 45.4 Å². The minimum absolute atomic E-state index is 0.245. The number of allylic oxidation sites excluding steroid dienone is 4. The van der Waals surface area contributed by atoms with E-state index in [-0.39, 0.29) is 5.76 Å². The van der Waals surface area contributed by atoms with Gasteiger partial charge in [-0.25, -0.2) is 4.79 Å². The van der Waals surface area contributed by atoms with Crippen LogP contribution in [0.2, 0.25) is 0 Å². The van der Waals surface area contributed by atoms with E-state index < -0.39 is 5.97 Å². The number of aliphatic hydroxyl groups excluding tert-OH is 1. The van der Waals surface area contributed by atoms with Crippen LogP contribution in [0.1, 0.15) is 45.4 Å². The smallest absolute Gasteiger partial charge is 0.332 e. The zero-order valence-corrected chi connectivity index (χ0v) is 10.4. The molecule has 0 saturated carbocycles. The minimum Gasteiger partial charge on any atom is -0.508 e. The van der Waals surface area contributed by atoms with Crippen LogP contribution >= 0.6 is 0 Å². The highest BCUT2D eigenvalue weighted by atomic mass is 16.4. The van der Waals surface area contributed by atoms with Crippen LogP contribution in [-0.2, 0) is 4.79 Å². The van der Waals surface area contributed by atoms with Gasteiger partial charge in [-0.15, -0.1) is 0 Å². The number of carboxylic acids is 1. The molecule has 0 radical (unpaired) electrons. The van der Waals surface area contributed by atoms with E-state index in [2.05, 4.69) is 6.92 Å². The molecular formula is C14H22O3. The topological polar surface area (TPSA) is 57.5 Å². The maximum Gasteiger partial charge on any atom is 0.332 e. The van der Waals surface area contributed by atoms with Gasteiger partial charge in [-0.1, -0.05) is 50.8 Å². The highest BCUT2D eigenvalue weighted by molar-refractivity contribution is 5.80. The van der Waals surface area contributed by atoms with E-state index in [0.717, 1.165) is 12.5 Å². The summed E-state index contributed by atoms with van der Waals surface area (Å²) in [5.41, 5.74) is 0. The Morgan fingerprint density at radius 3 is 2.41 bits per heavy atom. The first-order valence-corrected chi connectivity index (χ1v) is 6.13. The summed E-state index contributed by atoms with van der Waals surface area (Å²) >= 11 is 0. The van der Waals surface area contributed by atoms with Crippen LogP contribution in [0.3, 0.4) is 0 Å². The number of carbonyl (C=O) groups is 1. The van der Waals surface area contributed by atoms with Crippen molar-refractivity contribution in [1.82, 2.24) is 0 Å². The van der Waals surface area contributed by atoms with Crippen molar-refractivity contribution in [3.63, 3.8) is 0 Å². The monoisotopic (exact) mass is 238 g/mol. The summed E-state index contributed by atoms with van der Waals surface area (Å²) in [6.07, 6.45) is 14.9.